The molecular formula is C41H58N4O5W. The molecule has 3 amide bonds. The molecule has 10 heteroatoms. The Hall–Kier alpha value is -4.23. The Kier molecular flexibility index (Phi) is 24.9. The first-order valence-electron chi connectivity index (χ1n) is 16.3. The van der Waals surface area contributed by atoms with Gasteiger partial charge in [-0.1, -0.05) is 78.8 Å². The van der Waals surface area contributed by atoms with Crippen LogP contribution in [-0.2, 0) is 21.1 Å². The molecule has 2 aromatic carbocycles. The van der Waals surface area contributed by atoms with Crippen molar-refractivity contribution in [1.29, 1.82) is 0 Å². The second-order valence-electron chi connectivity index (χ2n) is 15.3. The monoisotopic (exact) mass is 870 g/mol. The minimum atomic E-state index is -1.10. The summed E-state index contributed by atoms with van der Waals surface area (Å²) in [5.41, 5.74) is 0.875. The molecule has 3 aromatic rings. The maximum Gasteiger partial charge on any atom is 2.00 e. The van der Waals surface area contributed by atoms with E-state index in [4.69, 9.17) is 5.11 Å². The molecule has 278 valence electrons. The van der Waals surface area contributed by atoms with Gasteiger partial charge in [0.1, 0.15) is 0 Å². The van der Waals surface area contributed by atoms with Crippen molar-refractivity contribution in [3.63, 3.8) is 0 Å². The first-order chi connectivity index (χ1) is 22.9. The summed E-state index contributed by atoms with van der Waals surface area (Å²) >= 11 is 0. The number of fused-ring (bicyclic) bond motifs is 1. The normalized spacial score (nSPS) is 11.3. The molecule has 0 atom stereocenters. The van der Waals surface area contributed by atoms with Gasteiger partial charge in [-0.25, -0.2) is 4.79 Å². The van der Waals surface area contributed by atoms with Crippen LogP contribution in [0.15, 0.2) is 90.3 Å². The molecule has 2 N–H and O–H groups in total. The molecular weight excluding hydrogens is 812 g/mol. The molecule has 0 aliphatic carbocycles. The molecule has 0 fully saturated rings. The predicted octanol–water partition coefficient (Wildman–Crippen LogP) is 9.30. The van der Waals surface area contributed by atoms with Gasteiger partial charge < -0.3 is 28.2 Å². The topological polar surface area (TPSA) is 129 Å². The number of nitrogens with one attached hydrogen (secondary N) is 1. The summed E-state index contributed by atoms with van der Waals surface area (Å²) in [6.45, 7) is 35.4. The van der Waals surface area contributed by atoms with Crippen molar-refractivity contribution in [3.05, 3.63) is 114 Å². The number of pyridine rings is 1. The Morgan fingerprint density at radius 2 is 1.12 bits per heavy atom. The first kappa shape index (κ1) is 51.1. The van der Waals surface area contributed by atoms with E-state index in [2.05, 4.69) is 77.1 Å². The fourth-order valence-electron chi connectivity index (χ4n) is 3.39. The standard InChI is InChI=1S/C12H15NO3.C12H13NO2.C5H5N.C5H12.C4H10.C3H3N.W/c1-12(2,3)13-10(14)8-6-4-5-7-9(8)11(15)16;1-12(2,3)13-10(14)8-6-4-5-7-9(8)11(13)15;1-2-4-6-5-3-1;1-5(2,3)4;1-4(2)3;1-3-4-2;/h4-7H,1-3H3,(H,13,14)(H,15,16);4-7H,1-3H3;1-5H;1-4H3;4H,1-3H3;1-3H;/q;;;;;-2;+2. The zero-order chi connectivity index (χ0) is 39.3. The third-order valence-electron chi connectivity index (χ3n) is 5.01. The van der Waals surface area contributed by atoms with Gasteiger partial charge in [0.05, 0.1) is 22.3 Å². The molecule has 2 heterocycles. The van der Waals surface area contributed by atoms with E-state index in [9.17, 15) is 19.2 Å². The van der Waals surface area contributed by atoms with Crippen LogP contribution in [0.5, 0.6) is 0 Å². The molecule has 0 spiro atoms. The number of rotatable bonds is 3. The number of nitrogens with zero attached hydrogens (tertiary/aromatic N) is 3. The van der Waals surface area contributed by atoms with E-state index in [-0.39, 0.29) is 55.5 Å². The largest absolute Gasteiger partial charge is 2.00 e. The van der Waals surface area contributed by atoms with Crippen LogP contribution < -0.4 is 5.32 Å². The van der Waals surface area contributed by atoms with E-state index in [1.807, 2.05) is 59.7 Å². The Morgan fingerprint density at radius 1 is 0.765 bits per heavy atom. The number of carbonyl (C=O) groups excluding carboxylic acids is 3. The zero-order valence-electron chi connectivity index (χ0n) is 32.6. The van der Waals surface area contributed by atoms with Crippen LogP contribution in [0.1, 0.15) is 131 Å². The number of hydrogen-bond acceptors (Lipinski definition) is 6. The Bertz CT molecular complexity index is 1430. The summed E-state index contributed by atoms with van der Waals surface area (Å²) in [5.74, 6) is -1.02. The summed E-state index contributed by atoms with van der Waals surface area (Å²) in [6, 6.07) is 18.8. The maximum absolute atomic E-state index is 12.0. The van der Waals surface area contributed by atoms with Gasteiger partial charge in [-0.15, -0.1) is 0 Å². The predicted molar refractivity (Wildman–Crippen MR) is 205 cm³/mol. The Balaban J connectivity index is -0.000000600. The summed E-state index contributed by atoms with van der Waals surface area (Å²) in [7, 11) is 0. The van der Waals surface area contributed by atoms with Gasteiger partial charge >= 0.3 is 27.0 Å². The van der Waals surface area contributed by atoms with Crippen LogP contribution in [0.3, 0.4) is 0 Å². The molecule has 1 aliphatic rings. The smallest absolute Gasteiger partial charge is 0.601 e. The SMILES string of the molecule is CC(C)(C)C.CC(C)(C)N1C(=O)c2ccccc2C1=O.CC(C)(C)NC(=O)c1ccccc1C(=O)O.CC(C)C.[CH-]=CN=[CH-].[W+2].c1ccncc1. The first-order valence-corrected chi connectivity index (χ1v) is 16.3. The number of carbonyl (C=O) groups is 4. The van der Waals surface area contributed by atoms with Crippen LogP contribution in [-0.4, -0.2) is 56.5 Å². The number of benzene rings is 2. The maximum atomic E-state index is 12.0. The molecule has 4 rings (SSSR count). The van der Waals surface area contributed by atoms with Gasteiger partial charge in [0.25, 0.3) is 17.7 Å². The van der Waals surface area contributed by atoms with Crippen LogP contribution in [0.2, 0.25) is 0 Å². The molecule has 1 aromatic heterocycles. The van der Waals surface area contributed by atoms with Gasteiger partial charge in [-0.05, 0) is 89.3 Å². The third-order valence-corrected chi connectivity index (χ3v) is 5.01. The van der Waals surface area contributed by atoms with E-state index in [1.54, 1.807) is 48.8 Å². The number of imide groups is 1. The summed E-state index contributed by atoms with van der Waals surface area (Å²) < 4.78 is 0. The molecule has 0 bridgehead atoms. The van der Waals surface area contributed by atoms with E-state index >= 15 is 0 Å². The van der Waals surface area contributed by atoms with E-state index in [1.165, 1.54) is 17.0 Å². The number of aromatic carboxylic acids is 1. The number of carboxylic acids is 1. The van der Waals surface area contributed by atoms with Gasteiger partial charge in [-0.3, -0.25) is 24.3 Å². The van der Waals surface area contributed by atoms with Crippen molar-refractivity contribution in [1.82, 2.24) is 15.2 Å². The summed E-state index contributed by atoms with van der Waals surface area (Å²) in [6.07, 6.45) is 4.53. The summed E-state index contributed by atoms with van der Waals surface area (Å²) in [5, 5.41) is 11.7. The van der Waals surface area contributed by atoms with Crippen LogP contribution in [0.4, 0.5) is 0 Å². The second kappa shape index (κ2) is 24.8. The zero-order valence-corrected chi connectivity index (χ0v) is 35.6. The number of aromatic nitrogens is 1. The van der Waals surface area contributed by atoms with Crippen molar-refractivity contribution >= 4 is 30.4 Å². The molecule has 1 aliphatic heterocycles. The minimum Gasteiger partial charge on any atom is -0.601 e. The number of hydrogen-bond donors (Lipinski definition) is 2. The number of amides is 3. The van der Waals surface area contributed by atoms with Crippen molar-refractivity contribution in [3.8, 4) is 0 Å². The second-order valence-corrected chi connectivity index (χ2v) is 15.3. The van der Waals surface area contributed by atoms with Gasteiger partial charge in [0.2, 0.25) is 0 Å². The molecule has 51 heavy (non-hydrogen) atoms. The average molecular weight is 871 g/mol. The van der Waals surface area contributed by atoms with Crippen molar-refractivity contribution < 1.29 is 45.3 Å². The van der Waals surface area contributed by atoms with E-state index < -0.39 is 11.5 Å². The van der Waals surface area contributed by atoms with Crippen LogP contribution in [0.25, 0.3) is 0 Å². The number of carboxylic acid groups (broad SMARTS) is 1. The fraction of sp³-hybridized carbons (Fsp3) is 0.415. The van der Waals surface area contributed by atoms with Crippen molar-refractivity contribution in [2.45, 2.75) is 101 Å². The van der Waals surface area contributed by atoms with Gasteiger partial charge in [-0.2, -0.15) is 6.72 Å². The van der Waals surface area contributed by atoms with Gasteiger partial charge in [0, 0.05) is 23.5 Å². The van der Waals surface area contributed by atoms with Crippen LogP contribution >= 0.6 is 0 Å². The quantitative estimate of drug-likeness (QED) is 0.154. The molecule has 0 saturated heterocycles. The fourth-order valence-corrected chi connectivity index (χ4v) is 3.39. The molecule has 0 saturated carbocycles. The molecule has 0 radical (unpaired) electrons. The molecule has 9 nitrogen and oxygen atoms in total. The Labute approximate surface area is 321 Å². The molecule has 0 unspecified atom stereocenters. The van der Waals surface area contributed by atoms with Crippen molar-refractivity contribution in [2.75, 3.05) is 0 Å². The number of aliphatic imine (C=N–C) groups is 1. The Morgan fingerprint density at radius 3 is 1.37 bits per heavy atom. The van der Waals surface area contributed by atoms with E-state index in [0.717, 1.165) is 12.1 Å². The minimum absolute atomic E-state index is 0. The van der Waals surface area contributed by atoms with Crippen LogP contribution in [0, 0.1) is 17.9 Å². The third kappa shape index (κ3) is 24.5. The summed E-state index contributed by atoms with van der Waals surface area (Å²) in [4.78, 5) is 54.6. The van der Waals surface area contributed by atoms with E-state index in [0.29, 0.717) is 16.5 Å². The van der Waals surface area contributed by atoms with Gasteiger partial charge in [0.15, 0.2) is 0 Å². The average Bonchev–Trinajstić information content (AvgIpc) is 3.26. The van der Waals surface area contributed by atoms with Crippen molar-refractivity contribution in [2.24, 2.45) is 16.3 Å².